The van der Waals surface area contributed by atoms with Crippen LogP contribution in [0.5, 0.6) is 23.0 Å². The molecule has 0 amide bonds. The van der Waals surface area contributed by atoms with Crippen molar-refractivity contribution in [2.24, 2.45) is 17.8 Å². The SMILES string of the molecule is C/C=C1\[C@H](O[C@@H]2O[C@H](CO)[C@@H](O)[C@H](O)[C@H]2O)OC=C(C(=O)OC)[C@H]1CC(=O)OCC(Cc1ccc(O)c(OC)c1)C(CO)Cc1ccc(O)c(OC)c1. The Morgan fingerprint density at radius 3 is 2.00 bits per heavy atom. The van der Waals surface area contributed by atoms with Crippen molar-refractivity contribution in [3.8, 4) is 23.0 Å². The van der Waals surface area contributed by atoms with Crippen molar-refractivity contribution >= 4 is 11.9 Å². The molecule has 4 rings (SSSR count). The minimum atomic E-state index is -1.74. The highest BCUT2D eigenvalue weighted by Gasteiger charge is 2.47. The fourth-order valence-electron chi connectivity index (χ4n) is 6.40. The molecule has 2 unspecified atom stereocenters. The van der Waals surface area contributed by atoms with Crippen LogP contribution in [0.4, 0.5) is 0 Å². The third-order valence-electron chi connectivity index (χ3n) is 9.44. The molecule has 53 heavy (non-hydrogen) atoms. The van der Waals surface area contributed by atoms with Crippen molar-refractivity contribution in [2.45, 2.75) is 63.2 Å². The second-order valence-electron chi connectivity index (χ2n) is 12.7. The average molecular weight is 749 g/mol. The monoisotopic (exact) mass is 748 g/mol. The van der Waals surface area contributed by atoms with Gasteiger partial charge in [0.2, 0.25) is 6.29 Å². The van der Waals surface area contributed by atoms with E-state index in [2.05, 4.69) is 0 Å². The summed E-state index contributed by atoms with van der Waals surface area (Å²) < 4.78 is 38.2. The first-order valence-corrected chi connectivity index (χ1v) is 16.9. The molecule has 0 bridgehead atoms. The lowest BCUT2D eigenvalue weighted by atomic mass is 9.83. The van der Waals surface area contributed by atoms with Gasteiger partial charge in [-0.25, -0.2) is 4.79 Å². The number of esters is 2. The third-order valence-corrected chi connectivity index (χ3v) is 9.44. The summed E-state index contributed by atoms with van der Waals surface area (Å²) in [4.78, 5) is 26.4. The number of ether oxygens (including phenoxy) is 7. The predicted molar refractivity (Wildman–Crippen MR) is 183 cm³/mol. The van der Waals surface area contributed by atoms with Crippen LogP contribution in [-0.4, -0.2) is 126 Å². The van der Waals surface area contributed by atoms with E-state index in [-0.39, 0.29) is 47.4 Å². The third kappa shape index (κ3) is 9.97. The van der Waals surface area contributed by atoms with Crippen molar-refractivity contribution < 1.29 is 78.5 Å². The average Bonchev–Trinajstić information content (AvgIpc) is 3.16. The van der Waals surface area contributed by atoms with E-state index in [9.17, 15) is 45.3 Å². The van der Waals surface area contributed by atoms with E-state index < -0.39 is 79.7 Å². The molecule has 0 radical (unpaired) electrons. The van der Waals surface area contributed by atoms with Gasteiger partial charge in [0, 0.05) is 24.0 Å². The Balaban J connectivity index is 1.56. The molecule has 2 heterocycles. The number of rotatable bonds is 16. The molecule has 1 fully saturated rings. The quantitative estimate of drug-likeness (QED) is 0.0930. The number of aliphatic hydroxyl groups is 5. The van der Waals surface area contributed by atoms with Gasteiger partial charge in [-0.05, 0) is 61.1 Å². The van der Waals surface area contributed by atoms with Crippen molar-refractivity contribution in [3.05, 3.63) is 71.0 Å². The Labute approximate surface area is 306 Å². The van der Waals surface area contributed by atoms with Gasteiger partial charge < -0.3 is 68.9 Å². The molecule has 0 aliphatic carbocycles. The standard InChI is InChI=1S/C37H48O16/c1-5-23-24(25(35(46)49-4)18-51-36(23)53-37-34(45)33(44)32(43)30(16-39)52-37)14-31(42)50-17-22(11-20-7-9-27(41)29(13-20)48-3)21(15-38)10-19-6-8-26(40)28(12-19)47-2/h5-9,12-13,18,21-22,24,30,32-34,36-41,43-45H,10-11,14-17H2,1-4H3/b23-5-/t21?,22?,24-,30+,32+,33-,34+,36-,37-/m0/s1. The summed E-state index contributed by atoms with van der Waals surface area (Å²) in [7, 11) is 4.00. The van der Waals surface area contributed by atoms with Crippen LogP contribution in [0.15, 0.2) is 59.9 Å². The number of aliphatic hydroxyl groups excluding tert-OH is 5. The molecule has 2 aromatic carbocycles. The molecule has 1 saturated heterocycles. The fourth-order valence-corrected chi connectivity index (χ4v) is 6.40. The van der Waals surface area contributed by atoms with E-state index in [1.807, 2.05) is 0 Å². The van der Waals surface area contributed by atoms with Crippen LogP contribution < -0.4 is 9.47 Å². The van der Waals surface area contributed by atoms with E-state index in [1.54, 1.807) is 31.2 Å². The number of carbonyl (C=O) groups excluding carboxylic acids is 2. The lowest BCUT2D eigenvalue weighted by Gasteiger charge is -2.41. The van der Waals surface area contributed by atoms with Gasteiger partial charge in [-0.3, -0.25) is 4.79 Å². The molecule has 16 nitrogen and oxygen atoms in total. The number of phenolic OH excluding ortho intramolecular Hbond substituents is 2. The smallest absolute Gasteiger partial charge is 0.337 e. The zero-order valence-corrected chi connectivity index (χ0v) is 29.9. The summed E-state index contributed by atoms with van der Waals surface area (Å²) in [5.74, 6) is -3.08. The van der Waals surface area contributed by atoms with E-state index >= 15 is 0 Å². The summed E-state index contributed by atoms with van der Waals surface area (Å²) in [5, 5.41) is 71.3. The molecule has 16 heteroatoms. The number of carbonyl (C=O) groups is 2. The van der Waals surface area contributed by atoms with Gasteiger partial charge in [-0.1, -0.05) is 18.2 Å². The van der Waals surface area contributed by atoms with Crippen molar-refractivity contribution in [1.82, 2.24) is 0 Å². The molecule has 2 aliphatic rings. The molecular weight excluding hydrogens is 700 g/mol. The van der Waals surface area contributed by atoms with Crippen molar-refractivity contribution in [2.75, 3.05) is 41.2 Å². The van der Waals surface area contributed by atoms with Crippen molar-refractivity contribution in [1.29, 1.82) is 0 Å². The van der Waals surface area contributed by atoms with Crippen LogP contribution in [0.3, 0.4) is 0 Å². The highest BCUT2D eigenvalue weighted by molar-refractivity contribution is 5.90. The summed E-state index contributed by atoms with van der Waals surface area (Å²) in [6.45, 7) is 0.455. The fraction of sp³-hybridized carbons (Fsp3) is 0.514. The van der Waals surface area contributed by atoms with E-state index in [0.717, 1.165) is 24.5 Å². The molecule has 292 valence electrons. The second kappa shape index (κ2) is 19.1. The summed E-state index contributed by atoms with van der Waals surface area (Å²) in [5.41, 5.74) is 1.70. The Kier molecular flexibility index (Phi) is 14.9. The highest BCUT2D eigenvalue weighted by atomic mass is 16.8. The first-order chi connectivity index (χ1) is 25.4. The Morgan fingerprint density at radius 2 is 1.47 bits per heavy atom. The summed E-state index contributed by atoms with van der Waals surface area (Å²) >= 11 is 0. The summed E-state index contributed by atoms with van der Waals surface area (Å²) in [6, 6.07) is 9.64. The Hall–Kier alpha value is -4.42. The molecule has 0 saturated carbocycles. The molecule has 7 N–H and O–H groups in total. The molecule has 0 aromatic heterocycles. The lowest BCUT2D eigenvalue weighted by molar-refractivity contribution is -0.327. The van der Waals surface area contributed by atoms with Crippen LogP contribution in [-0.2, 0) is 46.1 Å². The number of methoxy groups -OCH3 is 3. The van der Waals surface area contributed by atoms with Crippen molar-refractivity contribution in [3.63, 3.8) is 0 Å². The summed E-state index contributed by atoms with van der Waals surface area (Å²) in [6.07, 6.45) is -6.43. The highest BCUT2D eigenvalue weighted by Crippen LogP contribution is 2.37. The Bertz CT molecular complexity index is 1610. The van der Waals surface area contributed by atoms with Crippen LogP contribution in [0.25, 0.3) is 0 Å². The van der Waals surface area contributed by atoms with Crippen LogP contribution >= 0.6 is 0 Å². The number of phenols is 2. The van der Waals surface area contributed by atoms with Gasteiger partial charge in [-0.2, -0.15) is 0 Å². The van der Waals surface area contributed by atoms with Gasteiger partial charge in [-0.15, -0.1) is 0 Å². The van der Waals surface area contributed by atoms with Gasteiger partial charge >= 0.3 is 11.9 Å². The molecule has 9 atom stereocenters. The van der Waals surface area contributed by atoms with E-state index in [4.69, 9.17) is 33.2 Å². The maximum Gasteiger partial charge on any atom is 0.337 e. The topological polar surface area (TPSA) is 240 Å². The Morgan fingerprint density at radius 1 is 0.868 bits per heavy atom. The number of hydrogen-bond donors (Lipinski definition) is 7. The first kappa shape index (κ1) is 41.3. The zero-order valence-electron chi connectivity index (χ0n) is 29.9. The normalized spacial score (nSPS) is 26.2. The molecule has 0 spiro atoms. The van der Waals surface area contributed by atoms with Crippen LogP contribution in [0, 0.1) is 17.8 Å². The van der Waals surface area contributed by atoms with Gasteiger partial charge in [0.05, 0.1) is 52.8 Å². The van der Waals surface area contributed by atoms with Crippen LogP contribution in [0.2, 0.25) is 0 Å². The van der Waals surface area contributed by atoms with E-state index in [0.29, 0.717) is 12.8 Å². The minimum absolute atomic E-state index is 0.0338. The zero-order chi connectivity index (χ0) is 38.8. The van der Waals surface area contributed by atoms with Gasteiger partial charge in [0.15, 0.2) is 29.3 Å². The second-order valence-corrected chi connectivity index (χ2v) is 12.7. The van der Waals surface area contributed by atoms with Gasteiger partial charge in [0.25, 0.3) is 0 Å². The molecule has 2 aromatic rings. The maximum atomic E-state index is 13.6. The maximum absolute atomic E-state index is 13.6. The first-order valence-electron chi connectivity index (χ1n) is 16.9. The number of benzene rings is 2. The van der Waals surface area contributed by atoms with Gasteiger partial charge in [0.1, 0.15) is 24.4 Å². The number of hydrogen-bond acceptors (Lipinski definition) is 16. The predicted octanol–water partition coefficient (Wildman–Crippen LogP) is 0.850. The van der Waals surface area contributed by atoms with Crippen LogP contribution in [0.1, 0.15) is 24.5 Å². The largest absolute Gasteiger partial charge is 0.504 e. The number of aromatic hydroxyl groups is 2. The molecule has 2 aliphatic heterocycles. The molecular formula is C37H48O16. The lowest BCUT2D eigenvalue weighted by Crippen LogP contribution is -2.60. The minimum Gasteiger partial charge on any atom is -0.504 e. The number of allylic oxidation sites excluding steroid dienone is 1. The van der Waals surface area contributed by atoms with E-state index in [1.165, 1.54) is 32.4 Å².